The smallest absolute Gasteiger partial charge is 0.192 e. The van der Waals surface area contributed by atoms with Crippen LogP contribution in [-0.2, 0) is 10.8 Å². The molecular weight excluding hydrogens is 376 g/mol. The molecule has 0 spiro atoms. The molecule has 3 aliphatic rings. The Morgan fingerprint density at radius 1 is 1.17 bits per heavy atom. The SMILES string of the molecule is CC(C)(C)[Si](C)(C)O[C@H]1CC[C@H]2[C@@H]3CCc4cc(O)c(C=O)cc4[C@H]3CC[C@]12C. The molecule has 1 aromatic rings. The van der Waals surface area contributed by atoms with Crippen LogP contribution in [0.5, 0.6) is 5.75 Å². The highest BCUT2D eigenvalue weighted by atomic mass is 28.4. The van der Waals surface area contributed by atoms with Crippen LogP contribution in [0.25, 0.3) is 0 Å². The van der Waals surface area contributed by atoms with E-state index in [1.807, 2.05) is 12.1 Å². The van der Waals surface area contributed by atoms with Crippen molar-refractivity contribution in [1.29, 1.82) is 0 Å². The molecule has 4 heteroatoms. The van der Waals surface area contributed by atoms with Crippen LogP contribution in [0.15, 0.2) is 12.1 Å². The summed E-state index contributed by atoms with van der Waals surface area (Å²) in [6, 6.07) is 3.83. The van der Waals surface area contributed by atoms with Crippen LogP contribution in [0.3, 0.4) is 0 Å². The van der Waals surface area contributed by atoms with Gasteiger partial charge in [-0.3, -0.25) is 4.79 Å². The van der Waals surface area contributed by atoms with E-state index in [0.29, 0.717) is 29.4 Å². The topological polar surface area (TPSA) is 46.5 Å². The van der Waals surface area contributed by atoms with Crippen LogP contribution in [0.2, 0.25) is 18.1 Å². The summed E-state index contributed by atoms with van der Waals surface area (Å²) in [6.07, 6.45) is 8.24. The van der Waals surface area contributed by atoms with Gasteiger partial charge in [0.1, 0.15) is 5.75 Å². The molecule has 0 heterocycles. The molecular formula is C25H38O3Si. The number of rotatable bonds is 3. The van der Waals surface area contributed by atoms with E-state index in [9.17, 15) is 9.90 Å². The third-order valence-electron chi connectivity index (χ3n) is 9.16. The van der Waals surface area contributed by atoms with Crippen molar-refractivity contribution in [2.45, 2.75) is 96.4 Å². The zero-order chi connectivity index (χ0) is 21.2. The summed E-state index contributed by atoms with van der Waals surface area (Å²) in [7, 11) is -1.78. The molecule has 160 valence electrons. The summed E-state index contributed by atoms with van der Waals surface area (Å²) in [5.74, 6) is 2.06. The fourth-order valence-corrected chi connectivity index (χ4v) is 7.85. The number of fused-ring (bicyclic) bond motifs is 5. The van der Waals surface area contributed by atoms with Crippen molar-refractivity contribution in [3.05, 3.63) is 28.8 Å². The van der Waals surface area contributed by atoms with Crippen LogP contribution >= 0.6 is 0 Å². The number of benzene rings is 1. The van der Waals surface area contributed by atoms with Gasteiger partial charge in [0.2, 0.25) is 0 Å². The molecule has 4 rings (SSSR count). The number of aldehydes is 1. The second kappa shape index (κ2) is 6.95. The number of aromatic hydroxyl groups is 1. The van der Waals surface area contributed by atoms with Crippen LogP contribution in [0.4, 0.5) is 0 Å². The molecule has 0 aliphatic heterocycles. The summed E-state index contributed by atoms with van der Waals surface area (Å²) < 4.78 is 7.00. The van der Waals surface area contributed by atoms with Gasteiger partial charge in [0.15, 0.2) is 14.6 Å². The van der Waals surface area contributed by atoms with E-state index in [1.54, 1.807) is 0 Å². The molecule has 1 N–H and O–H groups in total. The Morgan fingerprint density at radius 2 is 1.90 bits per heavy atom. The second-order valence-corrected chi connectivity index (χ2v) is 16.4. The largest absolute Gasteiger partial charge is 0.507 e. The van der Waals surface area contributed by atoms with Gasteiger partial charge in [-0.15, -0.1) is 0 Å². The van der Waals surface area contributed by atoms with Gasteiger partial charge in [0, 0.05) is 0 Å². The minimum atomic E-state index is -1.78. The van der Waals surface area contributed by atoms with Crippen LogP contribution < -0.4 is 0 Å². The Labute approximate surface area is 177 Å². The highest BCUT2D eigenvalue weighted by Crippen LogP contribution is 2.62. The molecule has 0 aromatic heterocycles. The summed E-state index contributed by atoms with van der Waals surface area (Å²) in [5.41, 5.74) is 3.31. The molecule has 2 fully saturated rings. The first-order valence-corrected chi connectivity index (χ1v) is 14.4. The third-order valence-corrected chi connectivity index (χ3v) is 13.6. The lowest BCUT2D eigenvalue weighted by Crippen LogP contribution is -2.50. The zero-order valence-corrected chi connectivity index (χ0v) is 20.0. The van der Waals surface area contributed by atoms with E-state index in [2.05, 4.69) is 40.8 Å². The van der Waals surface area contributed by atoms with Crippen LogP contribution in [0, 0.1) is 17.3 Å². The molecule has 5 atom stereocenters. The molecule has 0 radical (unpaired) electrons. The Hall–Kier alpha value is -1.13. The van der Waals surface area contributed by atoms with E-state index < -0.39 is 8.32 Å². The predicted molar refractivity (Wildman–Crippen MR) is 120 cm³/mol. The number of carbonyl (C=O) groups is 1. The van der Waals surface area contributed by atoms with Crippen molar-refractivity contribution in [3.8, 4) is 5.75 Å². The first-order valence-electron chi connectivity index (χ1n) is 11.5. The normalized spacial score (nSPS) is 34.3. The summed E-state index contributed by atoms with van der Waals surface area (Å²) >= 11 is 0. The van der Waals surface area contributed by atoms with Gasteiger partial charge in [0.25, 0.3) is 0 Å². The maximum atomic E-state index is 11.4. The van der Waals surface area contributed by atoms with Gasteiger partial charge in [-0.2, -0.15) is 0 Å². The summed E-state index contributed by atoms with van der Waals surface area (Å²) in [4.78, 5) is 11.4. The van der Waals surface area contributed by atoms with Crippen molar-refractivity contribution >= 4 is 14.6 Å². The number of hydrogen-bond acceptors (Lipinski definition) is 3. The Bertz CT molecular complexity index is 809. The average Bonchev–Trinajstić information content (AvgIpc) is 2.96. The highest BCUT2D eigenvalue weighted by molar-refractivity contribution is 6.74. The van der Waals surface area contributed by atoms with E-state index in [0.717, 1.165) is 12.7 Å². The van der Waals surface area contributed by atoms with Gasteiger partial charge in [-0.25, -0.2) is 0 Å². The number of phenols is 1. The van der Waals surface area contributed by atoms with E-state index in [-0.39, 0.29) is 16.2 Å². The standard InChI is InChI=1S/C25H38O3Si/c1-24(2,3)29(5,6)28-23-10-9-21-19-8-7-16-14-22(27)17(15-26)13-20(16)18(19)11-12-25(21,23)4/h13-15,18-19,21,23,27H,7-12H2,1-6H3/t18-,19+,21-,23-,25-/m0/s1. The molecule has 0 amide bonds. The van der Waals surface area contributed by atoms with Gasteiger partial charge in [0.05, 0.1) is 11.7 Å². The second-order valence-electron chi connectivity index (χ2n) is 11.6. The monoisotopic (exact) mass is 414 g/mol. The molecule has 0 unspecified atom stereocenters. The quantitative estimate of drug-likeness (QED) is 0.456. The maximum absolute atomic E-state index is 11.4. The van der Waals surface area contributed by atoms with Gasteiger partial charge >= 0.3 is 0 Å². The first-order chi connectivity index (χ1) is 13.5. The summed E-state index contributed by atoms with van der Waals surface area (Å²) in [6.45, 7) is 14.3. The lowest BCUT2D eigenvalue weighted by atomic mass is 9.55. The molecule has 2 saturated carbocycles. The molecule has 0 saturated heterocycles. The fourth-order valence-electron chi connectivity index (χ4n) is 6.40. The van der Waals surface area contributed by atoms with Crippen molar-refractivity contribution in [2.75, 3.05) is 0 Å². The van der Waals surface area contributed by atoms with Gasteiger partial charge in [-0.05, 0) is 103 Å². The lowest BCUT2D eigenvalue weighted by Gasteiger charge is -2.52. The average molecular weight is 415 g/mol. The van der Waals surface area contributed by atoms with E-state index in [1.165, 1.54) is 43.2 Å². The van der Waals surface area contributed by atoms with Crippen molar-refractivity contribution in [3.63, 3.8) is 0 Å². The lowest BCUT2D eigenvalue weighted by molar-refractivity contribution is -0.0165. The minimum Gasteiger partial charge on any atom is -0.507 e. The molecule has 3 nitrogen and oxygen atoms in total. The zero-order valence-electron chi connectivity index (χ0n) is 19.0. The first kappa shape index (κ1) is 21.1. The molecule has 3 aliphatic carbocycles. The number of phenolic OH excluding ortho intramolecular Hbond substituents is 1. The van der Waals surface area contributed by atoms with Crippen molar-refractivity contribution in [1.82, 2.24) is 0 Å². The maximum Gasteiger partial charge on any atom is 0.192 e. The summed E-state index contributed by atoms with van der Waals surface area (Å²) in [5, 5.41) is 10.4. The Morgan fingerprint density at radius 3 is 2.55 bits per heavy atom. The number of aryl methyl sites for hydroxylation is 1. The Balaban J connectivity index is 1.61. The molecule has 29 heavy (non-hydrogen) atoms. The van der Waals surface area contributed by atoms with Crippen molar-refractivity contribution < 1.29 is 14.3 Å². The van der Waals surface area contributed by atoms with E-state index >= 15 is 0 Å². The molecule has 1 aromatic carbocycles. The highest BCUT2D eigenvalue weighted by Gasteiger charge is 2.57. The van der Waals surface area contributed by atoms with Crippen molar-refractivity contribution in [2.24, 2.45) is 17.3 Å². The number of carbonyl (C=O) groups excluding carboxylic acids is 1. The van der Waals surface area contributed by atoms with Crippen LogP contribution in [-0.4, -0.2) is 25.8 Å². The minimum absolute atomic E-state index is 0.140. The number of hydrogen-bond donors (Lipinski definition) is 1. The predicted octanol–water partition coefficient (Wildman–Crippen LogP) is 6.45. The van der Waals surface area contributed by atoms with Crippen LogP contribution in [0.1, 0.15) is 87.2 Å². The third kappa shape index (κ3) is 3.31. The van der Waals surface area contributed by atoms with Gasteiger partial charge < -0.3 is 9.53 Å². The van der Waals surface area contributed by atoms with E-state index in [4.69, 9.17) is 4.43 Å². The Kier molecular flexibility index (Phi) is 5.06. The van der Waals surface area contributed by atoms with Gasteiger partial charge in [-0.1, -0.05) is 27.7 Å². The fraction of sp³-hybridized carbons (Fsp3) is 0.720. The molecule has 0 bridgehead atoms.